The molecule has 1 heteroatoms. The van der Waals surface area contributed by atoms with Crippen LogP contribution in [0.3, 0.4) is 0 Å². The average Bonchev–Trinajstić information content (AvgIpc) is 3.29. The second-order valence-electron chi connectivity index (χ2n) is 5.82. The first-order chi connectivity index (χ1) is 8.84. The lowest BCUT2D eigenvalue weighted by Gasteiger charge is -2.03. The van der Waals surface area contributed by atoms with Crippen molar-refractivity contribution >= 4 is 0 Å². The van der Waals surface area contributed by atoms with Crippen LogP contribution in [0.1, 0.15) is 44.1 Å². The number of rotatable bonds is 6. The van der Waals surface area contributed by atoms with E-state index < -0.39 is 0 Å². The largest absolute Gasteiger partial charge is 0.314 e. The average molecular weight is 241 g/mol. The second-order valence-corrected chi connectivity index (χ2v) is 5.82. The topological polar surface area (TPSA) is 12.0 Å². The number of hydrogen-bond donors (Lipinski definition) is 1. The molecule has 0 aliphatic heterocycles. The standard InChI is InChI=1S/C17H23N/c1-13(6-5-11-18-15-9-10-15)16-12-17(16)14-7-3-2-4-8-14/h2-4,6-8,15-18H,5,9-12H2,1H3/b13-6-. The number of allylic oxidation sites excluding steroid dienone is 1. The van der Waals surface area contributed by atoms with Gasteiger partial charge in [-0.1, -0.05) is 42.0 Å². The molecule has 1 aromatic carbocycles. The van der Waals surface area contributed by atoms with Crippen LogP contribution in [0, 0.1) is 5.92 Å². The Morgan fingerprint density at radius 1 is 1.28 bits per heavy atom. The van der Waals surface area contributed by atoms with Gasteiger partial charge in [-0.2, -0.15) is 0 Å². The SMILES string of the molecule is C/C(=C/CCNC1CC1)C1CC1c1ccccc1. The van der Waals surface area contributed by atoms with E-state index >= 15 is 0 Å². The van der Waals surface area contributed by atoms with E-state index in [1.165, 1.54) is 31.2 Å². The van der Waals surface area contributed by atoms with E-state index in [4.69, 9.17) is 0 Å². The molecular formula is C17H23N. The highest BCUT2D eigenvalue weighted by atomic mass is 14.9. The van der Waals surface area contributed by atoms with Crippen molar-refractivity contribution in [3.05, 3.63) is 47.5 Å². The van der Waals surface area contributed by atoms with E-state index in [-0.39, 0.29) is 0 Å². The fraction of sp³-hybridized carbons (Fsp3) is 0.529. The molecule has 1 aromatic rings. The molecular weight excluding hydrogens is 218 g/mol. The van der Waals surface area contributed by atoms with Crippen molar-refractivity contribution in [1.29, 1.82) is 0 Å². The monoisotopic (exact) mass is 241 g/mol. The summed E-state index contributed by atoms with van der Waals surface area (Å²) in [5.74, 6) is 1.60. The smallest absolute Gasteiger partial charge is 0.00683 e. The van der Waals surface area contributed by atoms with E-state index in [9.17, 15) is 0 Å². The van der Waals surface area contributed by atoms with Gasteiger partial charge in [-0.3, -0.25) is 0 Å². The molecule has 2 unspecified atom stereocenters. The minimum absolute atomic E-state index is 0.791. The molecule has 1 N–H and O–H groups in total. The van der Waals surface area contributed by atoms with Crippen LogP contribution >= 0.6 is 0 Å². The van der Waals surface area contributed by atoms with Crippen molar-refractivity contribution in [3.8, 4) is 0 Å². The summed E-state index contributed by atoms with van der Waals surface area (Å²) < 4.78 is 0. The lowest BCUT2D eigenvalue weighted by molar-refractivity contribution is 0.687. The minimum Gasteiger partial charge on any atom is -0.314 e. The van der Waals surface area contributed by atoms with Gasteiger partial charge in [-0.05, 0) is 56.6 Å². The fourth-order valence-corrected chi connectivity index (χ4v) is 2.79. The summed E-state index contributed by atoms with van der Waals surface area (Å²) >= 11 is 0. The maximum atomic E-state index is 3.57. The van der Waals surface area contributed by atoms with Crippen LogP contribution in [0.25, 0.3) is 0 Å². The van der Waals surface area contributed by atoms with Crippen molar-refractivity contribution in [2.75, 3.05) is 6.54 Å². The van der Waals surface area contributed by atoms with Gasteiger partial charge >= 0.3 is 0 Å². The molecule has 2 aliphatic rings. The minimum atomic E-state index is 0.791. The van der Waals surface area contributed by atoms with Gasteiger partial charge in [0.25, 0.3) is 0 Å². The molecule has 2 atom stereocenters. The van der Waals surface area contributed by atoms with E-state index in [1.807, 2.05) is 0 Å². The van der Waals surface area contributed by atoms with E-state index in [2.05, 4.69) is 48.6 Å². The molecule has 0 saturated heterocycles. The van der Waals surface area contributed by atoms with Crippen LogP contribution in [0.2, 0.25) is 0 Å². The first-order valence-electron chi connectivity index (χ1n) is 7.29. The molecule has 3 rings (SSSR count). The summed E-state index contributed by atoms with van der Waals surface area (Å²) in [5, 5.41) is 3.57. The third-order valence-corrected chi connectivity index (χ3v) is 4.22. The Bertz CT molecular complexity index is 416. The quantitative estimate of drug-likeness (QED) is 0.589. The maximum Gasteiger partial charge on any atom is 0.00683 e. The fourth-order valence-electron chi connectivity index (χ4n) is 2.79. The Hall–Kier alpha value is -1.08. The summed E-state index contributed by atoms with van der Waals surface area (Å²) in [6, 6.07) is 11.8. The molecule has 1 nitrogen and oxygen atoms in total. The third kappa shape index (κ3) is 3.02. The van der Waals surface area contributed by atoms with Crippen LogP contribution in [-0.4, -0.2) is 12.6 Å². The van der Waals surface area contributed by atoms with Crippen LogP contribution in [-0.2, 0) is 0 Å². The van der Waals surface area contributed by atoms with Gasteiger partial charge in [0.05, 0.1) is 0 Å². The van der Waals surface area contributed by atoms with Crippen LogP contribution in [0.5, 0.6) is 0 Å². The Morgan fingerprint density at radius 2 is 2.06 bits per heavy atom. The molecule has 0 spiro atoms. The van der Waals surface area contributed by atoms with Crippen molar-refractivity contribution in [1.82, 2.24) is 5.32 Å². The number of nitrogens with one attached hydrogen (secondary N) is 1. The molecule has 0 bridgehead atoms. The molecule has 2 aliphatic carbocycles. The lowest BCUT2D eigenvalue weighted by atomic mass is 10.1. The van der Waals surface area contributed by atoms with Crippen molar-refractivity contribution in [2.24, 2.45) is 5.92 Å². The zero-order valence-electron chi connectivity index (χ0n) is 11.2. The van der Waals surface area contributed by atoms with E-state index in [0.717, 1.165) is 24.4 Å². The summed E-state index contributed by atoms with van der Waals surface area (Å²) in [5.41, 5.74) is 3.12. The van der Waals surface area contributed by atoms with Crippen molar-refractivity contribution < 1.29 is 0 Å². The Morgan fingerprint density at radius 3 is 2.78 bits per heavy atom. The highest BCUT2D eigenvalue weighted by Gasteiger charge is 2.38. The zero-order chi connectivity index (χ0) is 12.4. The maximum absolute atomic E-state index is 3.57. The predicted molar refractivity (Wildman–Crippen MR) is 76.7 cm³/mol. The molecule has 96 valence electrons. The molecule has 0 heterocycles. The van der Waals surface area contributed by atoms with Gasteiger partial charge in [0.1, 0.15) is 0 Å². The Balaban J connectivity index is 1.46. The first-order valence-corrected chi connectivity index (χ1v) is 7.29. The van der Waals surface area contributed by atoms with Gasteiger partial charge in [0.15, 0.2) is 0 Å². The highest BCUT2D eigenvalue weighted by Crippen LogP contribution is 2.51. The van der Waals surface area contributed by atoms with E-state index in [1.54, 1.807) is 5.57 Å². The molecule has 18 heavy (non-hydrogen) atoms. The van der Waals surface area contributed by atoms with Gasteiger partial charge in [0, 0.05) is 6.04 Å². The summed E-state index contributed by atoms with van der Waals surface area (Å²) in [4.78, 5) is 0. The number of benzene rings is 1. The van der Waals surface area contributed by atoms with Gasteiger partial charge in [-0.15, -0.1) is 0 Å². The molecule has 2 fully saturated rings. The summed E-state index contributed by atoms with van der Waals surface area (Å²) in [6.45, 7) is 3.47. The first kappa shape index (κ1) is 12.0. The summed E-state index contributed by atoms with van der Waals surface area (Å²) in [6.07, 6.45) is 7.77. The molecule has 0 aromatic heterocycles. The number of hydrogen-bond acceptors (Lipinski definition) is 1. The zero-order valence-corrected chi connectivity index (χ0v) is 11.2. The highest BCUT2D eigenvalue weighted by molar-refractivity contribution is 5.31. The van der Waals surface area contributed by atoms with Gasteiger partial charge in [0.2, 0.25) is 0 Å². The Kier molecular flexibility index (Phi) is 3.51. The molecule has 2 saturated carbocycles. The van der Waals surface area contributed by atoms with Crippen LogP contribution < -0.4 is 5.32 Å². The summed E-state index contributed by atoms with van der Waals surface area (Å²) in [7, 11) is 0. The second kappa shape index (κ2) is 5.27. The normalized spacial score (nSPS) is 27.3. The third-order valence-electron chi connectivity index (χ3n) is 4.22. The molecule has 0 radical (unpaired) electrons. The Labute approximate surface area is 110 Å². The molecule has 0 amide bonds. The lowest BCUT2D eigenvalue weighted by Crippen LogP contribution is -2.16. The predicted octanol–water partition coefficient (Wildman–Crippen LogP) is 3.88. The van der Waals surface area contributed by atoms with Crippen LogP contribution in [0.4, 0.5) is 0 Å². The van der Waals surface area contributed by atoms with E-state index in [0.29, 0.717) is 0 Å². The van der Waals surface area contributed by atoms with Crippen molar-refractivity contribution in [2.45, 2.75) is 44.6 Å². The van der Waals surface area contributed by atoms with Crippen LogP contribution in [0.15, 0.2) is 42.0 Å². The van der Waals surface area contributed by atoms with Gasteiger partial charge < -0.3 is 5.32 Å². The van der Waals surface area contributed by atoms with Crippen molar-refractivity contribution in [3.63, 3.8) is 0 Å². The van der Waals surface area contributed by atoms with Gasteiger partial charge in [-0.25, -0.2) is 0 Å².